The van der Waals surface area contributed by atoms with Crippen LogP contribution in [0.1, 0.15) is 0 Å². The predicted octanol–water partition coefficient (Wildman–Crippen LogP) is 4.49. The molecule has 0 aliphatic carbocycles. The number of benzene rings is 1. The van der Waals surface area contributed by atoms with E-state index >= 15 is 4.39 Å². The number of nitrogens with two attached hydrogens (primary N) is 1. The normalized spacial score (nSPS) is 11.5. The Morgan fingerprint density at radius 3 is 2.64 bits per heavy atom. The zero-order valence-electron chi connectivity index (χ0n) is 16.8. The van der Waals surface area contributed by atoms with E-state index in [0.717, 1.165) is 0 Å². The number of anilines is 1. The largest absolute Gasteiger partial charge is 0.397 e. The molecule has 0 atom stereocenters. The third-order valence-corrected chi connectivity index (χ3v) is 5.36. The van der Waals surface area contributed by atoms with Crippen molar-refractivity contribution in [1.29, 1.82) is 0 Å². The highest BCUT2D eigenvalue weighted by Gasteiger charge is 2.21. The SMILES string of the molecule is Nc1cncc(-c2ncc3[nH]nc(-c4nc5nccc(-c6ccccc6F)c5[nH]4)c3c2F)c1. The Hall–Kier alpha value is -4.73. The molecule has 33 heavy (non-hydrogen) atoms. The summed E-state index contributed by atoms with van der Waals surface area (Å²) < 4.78 is 30.1. The fourth-order valence-electron chi connectivity index (χ4n) is 3.86. The molecule has 0 saturated heterocycles. The van der Waals surface area contributed by atoms with E-state index in [1.165, 1.54) is 24.7 Å². The van der Waals surface area contributed by atoms with Crippen molar-refractivity contribution in [3.8, 4) is 33.9 Å². The number of halogens is 2. The van der Waals surface area contributed by atoms with Crippen molar-refractivity contribution < 1.29 is 8.78 Å². The minimum atomic E-state index is -0.591. The molecule has 0 fully saturated rings. The first-order valence-corrected chi connectivity index (χ1v) is 9.93. The van der Waals surface area contributed by atoms with Crippen LogP contribution in [0.2, 0.25) is 0 Å². The Kier molecular flexibility index (Phi) is 4.12. The molecular weight excluding hydrogens is 426 g/mol. The Morgan fingerprint density at radius 2 is 1.79 bits per heavy atom. The lowest BCUT2D eigenvalue weighted by Crippen LogP contribution is -1.94. The summed E-state index contributed by atoms with van der Waals surface area (Å²) in [5.74, 6) is -0.676. The van der Waals surface area contributed by atoms with Crippen molar-refractivity contribution >= 4 is 27.8 Å². The molecule has 0 radical (unpaired) electrons. The average Bonchev–Trinajstić information content (AvgIpc) is 3.44. The molecule has 0 amide bonds. The summed E-state index contributed by atoms with van der Waals surface area (Å²) in [7, 11) is 0. The van der Waals surface area contributed by atoms with Gasteiger partial charge in [-0.15, -0.1) is 0 Å². The van der Waals surface area contributed by atoms with Crippen LogP contribution in [-0.2, 0) is 0 Å². The van der Waals surface area contributed by atoms with Gasteiger partial charge in [-0.25, -0.2) is 18.7 Å². The van der Waals surface area contributed by atoms with Gasteiger partial charge in [0, 0.05) is 35.3 Å². The van der Waals surface area contributed by atoms with Gasteiger partial charge in [0.15, 0.2) is 17.3 Å². The average molecular weight is 440 g/mol. The monoisotopic (exact) mass is 440 g/mol. The second-order valence-electron chi connectivity index (χ2n) is 7.41. The van der Waals surface area contributed by atoms with Gasteiger partial charge in [-0.05, 0) is 18.2 Å². The van der Waals surface area contributed by atoms with Gasteiger partial charge in [0.2, 0.25) is 0 Å². The van der Waals surface area contributed by atoms with E-state index in [1.807, 2.05) is 0 Å². The lowest BCUT2D eigenvalue weighted by atomic mass is 10.1. The maximum atomic E-state index is 15.6. The zero-order chi connectivity index (χ0) is 22.5. The summed E-state index contributed by atoms with van der Waals surface area (Å²) in [6.07, 6.45) is 5.99. The number of aromatic amines is 2. The number of nitrogen functional groups attached to an aromatic ring is 1. The maximum absolute atomic E-state index is 15.6. The fraction of sp³-hybridized carbons (Fsp3) is 0. The molecular formula is C23H14F2N8. The van der Waals surface area contributed by atoms with E-state index in [4.69, 9.17) is 5.73 Å². The molecule has 0 aliphatic rings. The minimum Gasteiger partial charge on any atom is -0.397 e. The van der Waals surface area contributed by atoms with Gasteiger partial charge < -0.3 is 10.7 Å². The lowest BCUT2D eigenvalue weighted by molar-refractivity contribution is 0.631. The number of H-pyrrole nitrogens is 2. The highest BCUT2D eigenvalue weighted by atomic mass is 19.1. The van der Waals surface area contributed by atoms with Gasteiger partial charge in [-0.3, -0.25) is 15.1 Å². The lowest BCUT2D eigenvalue weighted by Gasteiger charge is -2.04. The number of pyridine rings is 3. The molecule has 10 heteroatoms. The number of hydrogen-bond acceptors (Lipinski definition) is 6. The van der Waals surface area contributed by atoms with Crippen molar-refractivity contribution in [2.24, 2.45) is 0 Å². The summed E-state index contributed by atoms with van der Waals surface area (Å²) in [5, 5.41) is 7.24. The highest BCUT2D eigenvalue weighted by Crippen LogP contribution is 2.34. The van der Waals surface area contributed by atoms with E-state index < -0.39 is 5.82 Å². The van der Waals surface area contributed by atoms with E-state index in [0.29, 0.717) is 39.1 Å². The number of imidazole rings is 1. The summed E-state index contributed by atoms with van der Waals surface area (Å²) >= 11 is 0. The number of nitrogens with zero attached hydrogens (tertiary/aromatic N) is 5. The Bertz CT molecular complexity index is 1670. The van der Waals surface area contributed by atoms with E-state index in [-0.39, 0.29) is 28.4 Å². The van der Waals surface area contributed by atoms with Gasteiger partial charge in [-0.1, -0.05) is 18.2 Å². The molecule has 0 spiro atoms. The second-order valence-corrected chi connectivity index (χ2v) is 7.41. The van der Waals surface area contributed by atoms with Crippen LogP contribution in [0.25, 0.3) is 56.0 Å². The number of hydrogen-bond donors (Lipinski definition) is 3. The molecule has 1 aromatic carbocycles. The van der Waals surface area contributed by atoms with Crippen LogP contribution in [0.5, 0.6) is 0 Å². The van der Waals surface area contributed by atoms with Crippen LogP contribution >= 0.6 is 0 Å². The molecule has 6 aromatic rings. The standard InChI is InChI=1S/C23H14F2N8/c24-15-4-2-1-3-13(15)14-5-6-28-22-20(14)30-23(31-22)21-17-16(32-33-21)10-29-19(18(17)25)11-7-12(26)9-27-8-11/h1-10H,26H2,(H,32,33)(H,28,30,31). The number of nitrogens with one attached hydrogen (secondary N) is 2. The van der Waals surface area contributed by atoms with Crippen LogP contribution in [0.15, 0.2) is 61.2 Å². The third kappa shape index (κ3) is 2.99. The van der Waals surface area contributed by atoms with Gasteiger partial charge in [-0.2, -0.15) is 5.10 Å². The van der Waals surface area contributed by atoms with Crippen LogP contribution in [-0.4, -0.2) is 35.1 Å². The number of fused-ring (bicyclic) bond motifs is 2. The first-order valence-electron chi connectivity index (χ1n) is 9.93. The quantitative estimate of drug-likeness (QED) is 0.373. The number of aromatic nitrogens is 7. The summed E-state index contributed by atoms with van der Waals surface area (Å²) in [4.78, 5) is 20.1. The van der Waals surface area contributed by atoms with Crippen molar-refractivity contribution in [1.82, 2.24) is 35.1 Å². The predicted molar refractivity (Wildman–Crippen MR) is 120 cm³/mol. The molecule has 160 valence electrons. The second kappa shape index (κ2) is 7.16. The van der Waals surface area contributed by atoms with Crippen LogP contribution in [0, 0.1) is 11.6 Å². The van der Waals surface area contributed by atoms with Crippen LogP contribution in [0.4, 0.5) is 14.5 Å². The fourth-order valence-corrected chi connectivity index (χ4v) is 3.86. The topological polar surface area (TPSA) is 122 Å². The van der Waals surface area contributed by atoms with E-state index in [9.17, 15) is 4.39 Å². The Labute approximate surface area is 184 Å². The van der Waals surface area contributed by atoms with Crippen LogP contribution in [0.3, 0.4) is 0 Å². The van der Waals surface area contributed by atoms with E-state index in [1.54, 1.807) is 36.5 Å². The van der Waals surface area contributed by atoms with Gasteiger partial charge in [0.25, 0.3) is 0 Å². The molecule has 8 nitrogen and oxygen atoms in total. The summed E-state index contributed by atoms with van der Waals surface area (Å²) in [6, 6.07) is 9.71. The Balaban J connectivity index is 1.56. The molecule has 5 aromatic heterocycles. The molecule has 4 N–H and O–H groups in total. The van der Waals surface area contributed by atoms with Crippen molar-refractivity contribution in [2.45, 2.75) is 0 Å². The van der Waals surface area contributed by atoms with E-state index in [2.05, 4.69) is 35.1 Å². The van der Waals surface area contributed by atoms with Crippen LogP contribution < -0.4 is 5.73 Å². The zero-order valence-corrected chi connectivity index (χ0v) is 16.8. The van der Waals surface area contributed by atoms with Crippen molar-refractivity contribution in [3.63, 3.8) is 0 Å². The first-order chi connectivity index (χ1) is 16.1. The van der Waals surface area contributed by atoms with Gasteiger partial charge in [0.05, 0.1) is 28.3 Å². The summed E-state index contributed by atoms with van der Waals surface area (Å²) in [6.45, 7) is 0. The molecule has 6 rings (SSSR count). The highest BCUT2D eigenvalue weighted by molar-refractivity contribution is 5.97. The third-order valence-electron chi connectivity index (χ3n) is 5.36. The number of rotatable bonds is 3. The Morgan fingerprint density at radius 1 is 0.909 bits per heavy atom. The maximum Gasteiger partial charge on any atom is 0.178 e. The molecule has 0 unspecified atom stereocenters. The van der Waals surface area contributed by atoms with Crippen molar-refractivity contribution in [3.05, 3.63) is 72.8 Å². The molecule has 0 aliphatic heterocycles. The minimum absolute atomic E-state index is 0.0891. The van der Waals surface area contributed by atoms with Crippen molar-refractivity contribution in [2.75, 3.05) is 5.73 Å². The molecule has 0 saturated carbocycles. The first kappa shape index (κ1) is 19.0. The van der Waals surface area contributed by atoms with Gasteiger partial charge in [0.1, 0.15) is 17.2 Å². The smallest absolute Gasteiger partial charge is 0.178 e. The van der Waals surface area contributed by atoms with Gasteiger partial charge >= 0.3 is 0 Å². The summed E-state index contributed by atoms with van der Waals surface area (Å²) in [5.41, 5.74) is 9.23. The molecule has 5 heterocycles. The molecule has 0 bridgehead atoms.